The van der Waals surface area contributed by atoms with Crippen LogP contribution in [0.4, 0.5) is 0 Å². The SMILES string of the molecule is CC/C=C\C/C=C\C/C=C\C/C=C\C/C=C\C/C=C\C/C=C\CCCCCCCCCCCCCCCC(=O)NC(COC1OC(CO)C(OC2OC(CO)C(OC3OC(CO)C(O)C(O)C3O)C(O)C2O)C(O)C1O)C(O)/C=C/CC/C=C/CCCCCCCCCCCCCCCCCCCCCCCC. The molecule has 0 aliphatic carbocycles. The van der Waals surface area contributed by atoms with Crippen LogP contribution in [0.15, 0.2) is 109 Å². The maximum absolute atomic E-state index is 13.5. The lowest BCUT2D eigenvalue weighted by atomic mass is 9.96. The van der Waals surface area contributed by atoms with Gasteiger partial charge in [0.15, 0.2) is 18.9 Å². The summed E-state index contributed by atoms with van der Waals surface area (Å²) in [5, 5.41) is 121. The van der Waals surface area contributed by atoms with Gasteiger partial charge in [0, 0.05) is 6.42 Å². The van der Waals surface area contributed by atoms with E-state index in [9.17, 15) is 61.0 Å². The number of hydrogen-bond acceptors (Lipinski definition) is 18. The fraction of sp³-hybridized carbons (Fsp3) is 0.787. The van der Waals surface area contributed by atoms with Crippen LogP contribution in [0, 0.1) is 0 Å². The number of aliphatic hydroxyl groups is 11. The molecule has 17 atom stereocenters. The first-order valence-corrected chi connectivity index (χ1v) is 43.1. The molecule has 3 fully saturated rings. The van der Waals surface area contributed by atoms with Crippen molar-refractivity contribution in [3.63, 3.8) is 0 Å². The van der Waals surface area contributed by atoms with Crippen LogP contribution in [0.1, 0.15) is 316 Å². The molecule has 1 amide bonds. The molecule has 108 heavy (non-hydrogen) atoms. The molecule has 0 saturated carbocycles. The predicted molar refractivity (Wildman–Crippen MR) is 434 cm³/mol. The van der Waals surface area contributed by atoms with Gasteiger partial charge in [0.05, 0.1) is 38.6 Å². The van der Waals surface area contributed by atoms with Crippen LogP contribution in [0.2, 0.25) is 0 Å². The van der Waals surface area contributed by atoms with Crippen LogP contribution >= 0.6 is 0 Å². The van der Waals surface area contributed by atoms with Gasteiger partial charge in [-0.05, 0) is 89.9 Å². The zero-order valence-corrected chi connectivity index (χ0v) is 67.0. The van der Waals surface area contributed by atoms with Crippen molar-refractivity contribution in [1.29, 1.82) is 0 Å². The molecule has 0 spiro atoms. The van der Waals surface area contributed by atoms with E-state index >= 15 is 0 Å². The number of ether oxygens (including phenoxy) is 6. The summed E-state index contributed by atoms with van der Waals surface area (Å²) < 4.78 is 34.5. The van der Waals surface area contributed by atoms with Gasteiger partial charge in [-0.15, -0.1) is 0 Å². The van der Waals surface area contributed by atoms with E-state index in [1.807, 2.05) is 6.08 Å². The Morgan fingerprint density at radius 3 is 1.04 bits per heavy atom. The van der Waals surface area contributed by atoms with Gasteiger partial charge < -0.3 is 89.9 Å². The van der Waals surface area contributed by atoms with Crippen LogP contribution in [0.25, 0.3) is 0 Å². The molecule has 0 aromatic carbocycles. The maximum atomic E-state index is 13.5. The molecule has 3 aliphatic rings. The smallest absolute Gasteiger partial charge is 0.220 e. The monoisotopic (exact) mass is 1530 g/mol. The van der Waals surface area contributed by atoms with Gasteiger partial charge in [-0.3, -0.25) is 4.79 Å². The van der Waals surface area contributed by atoms with Crippen LogP contribution < -0.4 is 5.32 Å². The van der Waals surface area contributed by atoms with E-state index in [0.717, 1.165) is 96.3 Å². The van der Waals surface area contributed by atoms with Gasteiger partial charge in [-0.2, -0.15) is 0 Å². The molecule has 624 valence electrons. The Kier molecular flexibility index (Phi) is 62.0. The second-order valence-corrected chi connectivity index (χ2v) is 30.3. The lowest BCUT2D eigenvalue weighted by Gasteiger charge is -2.48. The summed E-state index contributed by atoms with van der Waals surface area (Å²) in [5.41, 5.74) is 0. The predicted octanol–water partition coefficient (Wildman–Crippen LogP) is 15.7. The summed E-state index contributed by atoms with van der Waals surface area (Å²) in [7, 11) is 0. The second kappa shape index (κ2) is 67.9. The minimum absolute atomic E-state index is 0.229. The largest absolute Gasteiger partial charge is 0.394 e. The Labute approximate surface area is 653 Å². The Bertz CT molecular complexity index is 2380. The number of nitrogens with one attached hydrogen (secondary N) is 1. The minimum Gasteiger partial charge on any atom is -0.394 e. The fourth-order valence-electron chi connectivity index (χ4n) is 14.0. The third-order valence-corrected chi connectivity index (χ3v) is 20.8. The molecule has 3 rings (SSSR count). The van der Waals surface area contributed by atoms with Crippen molar-refractivity contribution in [3.05, 3.63) is 109 Å². The van der Waals surface area contributed by atoms with Crippen molar-refractivity contribution in [2.45, 2.75) is 420 Å². The van der Waals surface area contributed by atoms with Gasteiger partial charge in [0.25, 0.3) is 0 Å². The molecule has 12 N–H and O–H groups in total. The Balaban J connectivity index is 1.36. The Morgan fingerprint density at radius 2 is 0.648 bits per heavy atom. The highest BCUT2D eigenvalue weighted by atomic mass is 16.8. The first-order chi connectivity index (χ1) is 52.8. The third kappa shape index (κ3) is 46.6. The number of carbonyl (C=O) groups is 1. The van der Waals surface area contributed by atoms with Crippen LogP contribution in [-0.4, -0.2) is 193 Å². The van der Waals surface area contributed by atoms with E-state index in [-0.39, 0.29) is 18.9 Å². The van der Waals surface area contributed by atoms with E-state index < -0.39 is 124 Å². The number of aliphatic hydroxyl groups excluding tert-OH is 11. The molecule has 0 aromatic rings. The van der Waals surface area contributed by atoms with E-state index in [4.69, 9.17) is 28.4 Å². The highest BCUT2D eigenvalue weighted by Gasteiger charge is 2.54. The topological polar surface area (TPSA) is 307 Å². The first-order valence-electron chi connectivity index (χ1n) is 43.1. The molecule has 3 heterocycles. The highest BCUT2D eigenvalue weighted by Crippen LogP contribution is 2.33. The highest BCUT2D eigenvalue weighted by molar-refractivity contribution is 5.76. The minimum atomic E-state index is -1.99. The molecule has 0 bridgehead atoms. The number of rotatable bonds is 68. The number of unbranched alkanes of at least 4 members (excludes halogenated alkanes) is 36. The molecule has 3 aliphatic heterocycles. The Hall–Kier alpha value is -3.55. The fourth-order valence-corrected chi connectivity index (χ4v) is 14.0. The van der Waals surface area contributed by atoms with Crippen molar-refractivity contribution in [1.82, 2.24) is 5.32 Å². The first kappa shape index (κ1) is 98.6. The van der Waals surface area contributed by atoms with Crippen molar-refractivity contribution in [2.75, 3.05) is 26.4 Å². The lowest BCUT2D eigenvalue weighted by molar-refractivity contribution is -0.379. The second-order valence-electron chi connectivity index (χ2n) is 30.3. The third-order valence-electron chi connectivity index (χ3n) is 20.8. The summed E-state index contributed by atoms with van der Waals surface area (Å²) in [6, 6.07) is -0.999. The molecule has 19 heteroatoms. The number of allylic oxidation sites excluding steroid dienone is 17. The van der Waals surface area contributed by atoms with Crippen LogP contribution in [-0.2, 0) is 33.2 Å². The maximum Gasteiger partial charge on any atom is 0.220 e. The van der Waals surface area contributed by atoms with E-state index in [0.29, 0.717) is 12.8 Å². The Morgan fingerprint density at radius 1 is 0.343 bits per heavy atom. The van der Waals surface area contributed by atoms with E-state index in [1.165, 1.54) is 186 Å². The summed E-state index contributed by atoms with van der Waals surface area (Å²) in [6.45, 7) is 1.63. The standard InChI is InChI=1S/C89H155NO18/c1-3-5-7-9-11-13-15-17-19-21-23-25-27-29-31-33-34-35-36-37-38-39-41-43-45-47-49-51-53-55-57-59-61-63-65-67-77(95)90-72(73(94)66-64-62-60-58-56-54-52-50-48-46-44-42-40-32-30-28-26-24-22-20-18-16-14-12-10-8-6-4-2)71-103-87-83(101)80(98)85(75(69-92)105-87)108-89-84(102)81(99)86(76(70-93)106-89)107-88-82(100)79(97)78(96)74(68-91)104-88/h5,7,11,13,17,19,23,25,29,31,34-35,37-38,56,58,64,66,72-76,78-89,91-94,96-102H,3-4,6,8-10,12,14-16,18,20-22,24,26-28,30,32-33,36,39-55,57,59-63,65,67-71H2,1-2H3,(H,90,95)/b7-5-,13-11-,19-17-,25-23-,31-29-,35-34-,38-37-,58-56+,66-64+. The van der Waals surface area contributed by atoms with Crippen molar-refractivity contribution < 1.29 is 89.4 Å². The molecular weight excluding hydrogens is 1370 g/mol. The normalized spacial score (nSPS) is 26.0. The summed E-state index contributed by atoms with van der Waals surface area (Å²) in [4.78, 5) is 13.5. The zero-order valence-electron chi connectivity index (χ0n) is 67.0. The van der Waals surface area contributed by atoms with Gasteiger partial charge in [-0.25, -0.2) is 0 Å². The average Bonchev–Trinajstić information content (AvgIpc) is 0.774. The zero-order chi connectivity index (χ0) is 78.1. The summed E-state index contributed by atoms with van der Waals surface area (Å²) >= 11 is 0. The molecule has 0 aromatic heterocycles. The average molecular weight is 1530 g/mol. The molecule has 0 radical (unpaired) electrons. The van der Waals surface area contributed by atoms with Crippen molar-refractivity contribution in [3.8, 4) is 0 Å². The van der Waals surface area contributed by atoms with Gasteiger partial charge in [-0.1, -0.05) is 329 Å². The lowest BCUT2D eigenvalue weighted by Crippen LogP contribution is -2.66. The summed E-state index contributed by atoms with van der Waals surface area (Å²) in [6.07, 6.45) is 67.9. The number of hydrogen-bond donors (Lipinski definition) is 12. The van der Waals surface area contributed by atoms with E-state index in [1.54, 1.807) is 6.08 Å². The van der Waals surface area contributed by atoms with Gasteiger partial charge in [0.1, 0.15) is 73.2 Å². The number of carbonyl (C=O) groups excluding carboxylic acids is 1. The molecule has 19 nitrogen and oxygen atoms in total. The summed E-state index contributed by atoms with van der Waals surface area (Å²) in [5.74, 6) is -0.287. The quantitative estimate of drug-likeness (QED) is 0.0199. The van der Waals surface area contributed by atoms with Crippen molar-refractivity contribution in [2.24, 2.45) is 0 Å². The van der Waals surface area contributed by atoms with Gasteiger partial charge >= 0.3 is 0 Å². The van der Waals surface area contributed by atoms with Crippen LogP contribution in [0.3, 0.4) is 0 Å². The molecule has 17 unspecified atom stereocenters. The van der Waals surface area contributed by atoms with Gasteiger partial charge in [0.2, 0.25) is 5.91 Å². The van der Waals surface area contributed by atoms with E-state index in [2.05, 4.69) is 116 Å². The number of amides is 1. The van der Waals surface area contributed by atoms with Crippen molar-refractivity contribution >= 4 is 5.91 Å². The molecular formula is C89H155NO18. The molecule has 3 saturated heterocycles. The van der Waals surface area contributed by atoms with Crippen LogP contribution in [0.5, 0.6) is 0 Å².